The minimum atomic E-state index is 0.326. The lowest BCUT2D eigenvalue weighted by Crippen LogP contribution is -2.49. The Labute approximate surface area is 124 Å². The largest absolute Gasteiger partial charge is 0.497 e. The third-order valence-corrected chi connectivity index (χ3v) is 4.38. The highest BCUT2D eigenvalue weighted by Gasteiger charge is 2.24. The van der Waals surface area contributed by atoms with Crippen LogP contribution in [-0.4, -0.2) is 49.2 Å². The zero-order valence-electron chi connectivity index (χ0n) is 11.6. The predicted molar refractivity (Wildman–Crippen MR) is 81.3 cm³/mol. The maximum Gasteiger partial charge on any atom is 0.118 e. The zero-order chi connectivity index (χ0) is 13.7. The van der Waals surface area contributed by atoms with Gasteiger partial charge in [-0.2, -0.15) is 0 Å². The number of hydrogen-bond donors (Lipinski definition) is 0. The summed E-state index contributed by atoms with van der Waals surface area (Å²) in [6.45, 7) is 5.17. The Morgan fingerprint density at radius 3 is 2.74 bits per heavy atom. The van der Waals surface area contributed by atoms with Crippen LogP contribution in [-0.2, 0) is 11.2 Å². The Morgan fingerprint density at radius 1 is 1.37 bits per heavy atom. The minimum absolute atomic E-state index is 0.326. The number of alkyl halides is 1. The van der Waals surface area contributed by atoms with Gasteiger partial charge in [-0.25, -0.2) is 0 Å². The van der Waals surface area contributed by atoms with E-state index in [0.717, 1.165) is 37.2 Å². The number of rotatable bonds is 5. The topological polar surface area (TPSA) is 21.7 Å². The first kappa shape index (κ1) is 14.8. The SMILES string of the molecule is COc1ccc(CCN2CC(CBr)OCC2C)cc1. The molecular weight excluding hydrogens is 306 g/mol. The quantitative estimate of drug-likeness (QED) is 0.776. The molecule has 0 aromatic heterocycles. The van der Waals surface area contributed by atoms with E-state index in [2.05, 4.69) is 39.9 Å². The second-order valence-electron chi connectivity index (χ2n) is 5.05. The number of ether oxygens (including phenoxy) is 2. The van der Waals surface area contributed by atoms with Crippen molar-refractivity contribution in [3.63, 3.8) is 0 Å². The van der Waals surface area contributed by atoms with Crippen molar-refractivity contribution in [2.45, 2.75) is 25.5 Å². The number of hydrogen-bond acceptors (Lipinski definition) is 3. The molecule has 2 rings (SSSR count). The molecule has 4 heteroatoms. The van der Waals surface area contributed by atoms with E-state index in [1.807, 2.05) is 12.1 Å². The van der Waals surface area contributed by atoms with Gasteiger partial charge in [0.2, 0.25) is 0 Å². The van der Waals surface area contributed by atoms with Crippen LogP contribution in [0.5, 0.6) is 5.75 Å². The summed E-state index contributed by atoms with van der Waals surface area (Å²) in [5.74, 6) is 0.919. The lowest BCUT2D eigenvalue weighted by Gasteiger charge is -2.37. The molecule has 0 radical (unpaired) electrons. The van der Waals surface area contributed by atoms with Gasteiger partial charge in [0.25, 0.3) is 0 Å². The van der Waals surface area contributed by atoms with Gasteiger partial charge in [0.05, 0.1) is 19.8 Å². The third kappa shape index (κ3) is 4.20. The summed E-state index contributed by atoms with van der Waals surface area (Å²) in [5.41, 5.74) is 1.36. The second kappa shape index (κ2) is 7.27. The lowest BCUT2D eigenvalue weighted by atomic mass is 10.1. The Bertz CT molecular complexity index is 382. The van der Waals surface area contributed by atoms with Gasteiger partial charge < -0.3 is 9.47 Å². The molecular formula is C15H22BrNO2. The minimum Gasteiger partial charge on any atom is -0.497 e. The highest BCUT2D eigenvalue weighted by Crippen LogP contribution is 2.16. The van der Waals surface area contributed by atoms with Crippen LogP contribution in [0.15, 0.2) is 24.3 Å². The van der Waals surface area contributed by atoms with E-state index in [4.69, 9.17) is 9.47 Å². The van der Waals surface area contributed by atoms with Gasteiger partial charge in [0.1, 0.15) is 5.75 Å². The van der Waals surface area contributed by atoms with Crippen LogP contribution >= 0.6 is 15.9 Å². The highest BCUT2D eigenvalue weighted by atomic mass is 79.9. The number of benzene rings is 1. The van der Waals surface area contributed by atoms with Gasteiger partial charge in [0.15, 0.2) is 0 Å². The molecule has 0 spiro atoms. The van der Waals surface area contributed by atoms with Crippen LogP contribution in [0.3, 0.4) is 0 Å². The normalized spacial score (nSPS) is 24.4. The van der Waals surface area contributed by atoms with Crippen molar-refractivity contribution in [3.05, 3.63) is 29.8 Å². The molecule has 1 aliphatic rings. The number of nitrogens with zero attached hydrogens (tertiary/aromatic N) is 1. The first-order valence-corrected chi connectivity index (χ1v) is 7.89. The first-order valence-electron chi connectivity index (χ1n) is 6.77. The Kier molecular flexibility index (Phi) is 5.67. The number of halogens is 1. The van der Waals surface area contributed by atoms with Crippen molar-refractivity contribution in [3.8, 4) is 5.75 Å². The first-order chi connectivity index (χ1) is 9.22. The summed E-state index contributed by atoms with van der Waals surface area (Å²) < 4.78 is 10.9. The van der Waals surface area contributed by atoms with E-state index in [0.29, 0.717) is 12.1 Å². The van der Waals surface area contributed by atoms with Crippen LogP contribution in [0.25, 0.3) is 0 Å². The van der Waals surface area contributed by atoms with Crippen molar-refractivity contribution in [1.82, 2.24) is 4.90 Å². The Morgan fingerprint density at radius 2 is 2.11 bits per heavy atom. The highest BCUT2D eigenvalue weighted by molar-refractivity contribution is 9.09. The van der Waals surface area contributed by atoms with Crippen LogP contribution in [0.1, 0.15) is 12.5 Å². The smallest absolute Gasteiger partial charge is 0.118 e. The molecule has 1 aromatic carbocycles. The zero-order valence-corrected chi connectivity index (χ0v) is 13.2. The molecule has 2 atom stereocenters. The van der Waals surface area contributed by atoms with Crippen LogP contribution < -0.4 is 4.74 Å². The maximum atomic E-state index is 5.75. The van der Waals surface area contributed by atoms with Crippen molar-refractivity contribution in [2.75, 3.05) is 32.1 Å². The fourth-order valence-corrected chi connectivity index (χ4v) is 2.74. The monoisotopic (exact) mass is 327 g/mol. The van der Waals surface area contributed by atoms with E-state index in [9.17, 15) is 0 Å². The fourth-order valence-electron chi connectivity index (χ4n) is 2.34. The molecule has 1 aromatic rings. The fraction of sp³-hybridized carbons (Fsp3) is 0.600. The van der Waals surface area contributed by atoms with Crippen molar-refractivity contribution < 1.29 is 9.47 Å². The standard InChI is InChI=1S/C15H22BrNO2/c1-12-11-19-15(9-16)10-17(12)8-7-13-3-5-14(18-2)6-4-13/h3-6,12,15H,7-11H2,1-2H3. The maximum absolute atomic E-state index is 5.75. The molecule has 1 fully saturated rings. The molecule has 1 saturated heterocycles. The predicted octanol–water partition coefficient (Wildman–Crippen LogP) is 2.72. The molecule has 0 N–H and O–H groups in total. The van der Waals surface area contributed by atoms with Gasteiger partial charge in [-0.3, -0.25) is 4.90 Å². The van der Waals surface area contributed by atoms with Gasteiger partial charge in [-0.05, 0) is 31.0 Å². The molecule has 0 saturated carbocycles. The molecule has 3 nitrogen and oxygen atoms in total. The number of morpholine rings is 1. The summed E-state index contributed by atoms with van der Waals surface area (Å²) in [4.78, 5) is 2.51. The van der Waals surface area contributed by atoms with E-state index < -0.39 is 0 Å². The molecule has 0 amide bonds. The van der Waals surface area contributed by atoms with Crippen molar-refractivity contribution in [2.24, 2.45) is 0 Å². The van der Waals surface area contributed by atoms with Gasteiger partial charge in [-0.1, -0.05) is 28.1 Å². The van der Waals surface area contributed by atoms with E-state index in [1.54, 1.807) is 7.11 Å². The molecule has 0 bridgehead atoms. The van der Waals surface area contributed by atoms with Gasteiger partial charge in [-0.15, -0.1) is 0 Å². The van der Waals surface area contributed by atoms with E-state index in [-0.39, 0.29) is 0 Å². The lowest BCUT2D eigenvalue weighted by molar-refractivity contribution is -0.0460. The van der Waals surface area contributed by atoms with Crippen molar-refractivity contribution >= 4 is 15.9 Å². The van der Waals surface area contributed by atoms with Crippen LogP contribution in [0.2, 0.25) is 0 Å². The average Bonchev–Trinajstić information content (AvgIpc) is 2.47. The molecule has 2 unspecified atom stereocenters. The number of methoxy groups -OCH3 is 1. The summed E-state index contributed by atoms with van der Waals surface area (Å²) in [6, 6.07) is 8.85. The van der Waals surface area contributed by atoms with Crippen LogP contribution in [0.4, 0.5) is 0 Å². The Hall–Kier alpha value is -0.580. The summed E-state index contributed by atoms with van der Waals surface area (Å²) >= 11 is 3.50. The summed E-state index contributed by atoms with van der Waals surface area (Å²) in [6.07, 6.45) is 1.40. The molecule has 1 heterocycles. The van der Waals surface area contributed by atoms with E-state index >= 15 is 0 Å². The average molecular weight is 328 g/mol. The third-order valence-electron chi connectivity index (χ3n) is 3.65. The van der Waals surface area contributed by atoms with Gasteiger partial charge in [0, 0.05) is 24.5 Å². The van der Waals surface area contributed by atoms with Crippen molar-refractivity contribution in [1.29, 1.82) is 0 Å². The van der Waals surface area contributed by atoms with E-state index in [1.165, 1.54) is 5.56 Å². The second-order valence-corrected chi connectivity index (χ2v) is 5.70. The summed E-state index contributed by atoms with van der Waals surface area (Å²) in [7, 11) is 1.70. The molecule has 106 valence electrons. The molecule has 19 heavy (non-hydrogen) atoms. The Balaban J connectivity index is 1.85. The summed E-state index contributed by atoms with van der Waals surface area (Å²) in [5, 5.41) is 0.915. The van der Waals surface area contributed by atoms with Gasteiger partial charge >= 0.3 is 0 Å². The molecule has 0 aliphatic carbocycles. The molecule has 1 aliphatic heterocycles. The van der Waals surface area contributed by atoms with Crippen LogP contribution in [0, 0.1) is 0 Å².